The molecule has 0 spiro atoms. The summed E-state index contributed by atoms with van der Waals surface area (Å²) in [7, 11) is 0. The van der Waals surface area contributed by atoms with Gasteiger partial charge < -0.3 is 15.2 Å². The molecule has 0 saturated carbocycles. The Morgan fingerprint density at radius 2 is 1.97 bits per heavy atom. The van der Waals surface area contributed by atoms with E-state index in [9.17, 15) is 14.4 Å². The van der Waals surface area contributed by atoms with Gasteiger partial charge in [-0.25, -0.2) is 0 Å². The van der Waals surface area contributed by atoms with Gasteiger partial charge in [0, 0.05) is 5.69 Å². The van der Waals surface area contributed by atoms with Crippen LogP contribution in [0.1, 0.15) is 11.1 Å². The Morgan fingerprint density at radius 1 is 1.23 bits per heavy atom. The number of carboxylic acids is 1. The van der Waals surface area contributed by atoms with Crippen LogP contribution in [0, 0.1) is 6.92 Å². The van der Waals surface area contributed by atoms with Gasteiger partial charge in [-0.2, -0.15) is 0 Å². The van der Waals surface area contributed by atoms with E-state index in [-0.39, 0.29) is 16.8 Å². The minimum atomic E-state index is -1.12. The third-order valence-electron chi connectivity index (χ3n) is 4.02. The monoisotopic (exact) mass is 442 g/mol. The lowest BCUT2D eigenvalue weighted by molar-refractivity contribution is -0.140. The van der Waals surface area contributed by atoms with E-state index in [4.69, 9.17) is 22.1 Å². The average Bonchev–Trinajstić information content (AvgIpc) is 2.94. The van der Waals surface area contributed by atoms with Gasteiger partial charge in [0.2, 0.25) is 0 Å². The topological polar surface area (TPSA) is 95.9 Å². The van der Waals surface area contributed by atoms with Gasteiger partial charge in [0.05, 0.1) is 4.91 Å². The molecule has 0 aromatic heterocycles. The number of hydrogen-bond acceptors (Lipinski definition) is 6. The van der Waals surface area contributed by atoms with Crippen molar-refractivity contribution in [2.45, 2.75) is 6.92 Å². The van der Waals surface area contributed by atoms with Crippen molar-refractivity contribution >= 4 is 57.8 Å². The van der Waals surface area contributed by atoms with Crippen LogP contribution in [0.5, 0.6) is 5.75 Å². The van der Waals surface area contributed by atoms with Crippen LogP contribution >= 0.6 is 24.0 Å². The highest BCUT2D eigenvalue weighted by Crippen LogP contribution is 2.32. The number of carbonyl (C=O) groups excluding carboxylic acids is 2. The molecule has 2 N–H and O–H groups in total. The molecule has 0 atom stereocenters. The highest BCUT2D eigenvalue weighted by molar-refractivity contribution is 8.26. The predicted molar refractivity (Wildman–Crippen MR) is 119 cm³/mol. The Kier molecular flexibility index (Phi) is 6.86. The number of rotatable bonds is 7. The van der Waals surface area contributed by atoms with Crippen LogP contribution in [0.25, 0.3) is 6.08 Å². The molecule has 2 aromatic carbocycles. The molecule has 0 radical (unpaired) electrons. The van der Waals surface area contributed by atoms with Gasteiger partial charge in [-0.15, -0.1) is 0 Å². The SMILES string of the molecule is Cc1cccc(NC(=O)COc2ccc(/C=C3\SC(=S)N(CC(=O)O)C3=O)cc2)c1. The quantitative estimate of drug-likeness (QED) is 0.502. The molecule has 154 valence electrons. The lowest BCUT2D eigenvalue weighted by atomic mass is 10.2. The summed E-state index contributed by atoms with van der Waals surface area (Å²) in [6.45, 7) is 1.35. The zero-order valence-corrected chi connectivity index (χ0v) is 17.6. The number of amides is 2. The van der Waals surface area contributed by atoms with E-state index in [1.807, 2.05) is 25.1 Å². The summed E-state index contributed by atoms with van der Waals surface area (Å²) >= 11 is 6.13. The molecule has 9 heteroatoms. The van der Waals surface area contributed by atoms with Crippen molar-refractivity contribution in [2.24, 2.45) is 0 Å². The van der Waals surface area contributed by atoms with Crippen LogP contribution in [-0.4, -0.2) is 45.3 Å². The lowest BCUT2D eigenvalue weighted by Crippen LogP contribution is -2.33. The van der Waals surface area contributed by atoms with Gasteiger partial charge in [-0.1, -0.05) is 48.2 Å². The van der Waals surface area contributed by atoms with Crippen LogP contribution < -0.4 is 10.1 Å². The minimum Gasteiger partial charge on any atom is -0.484 e. The van der Waals surface area contributed by atoms with Crippen LogP contribution in [-0.2, 0) is 14.4 Å². The van der Waals surface area contributed by atoms with Crippen molar-refractivity contribution in [3.8, 4) is 5.75 Å². The largest absolute Gasteiger partial charge is 0.484 e. The Morgan fingerprint density at radius 3 is 2.63 bits per heavy atom. The molecule has 30 heavy (non-hydrogen) atoms. The number of aliphatic carboxylic acids is 1. The van der Waals surface area contributed by atoms with E-state index in [1.54, 1.807) is 36.4 Å². The summed E-state index contributed by atoms with van der Waals surface area (Å²) in [4.78, 5) is 36.6. The van der Waals surface area contributed by atoms with E-state index >= 15 is 0 Å². The zero-order valence-electron chi connectivity index (χ0n) is 16.0. The first-order valence-corrected chi connectivity index (χ1v) is 10.1. The van der Waals surface area contributed by atoms with Crippen LogP contribution in [0.4, 0.5) is 5.69 Å². The number of carbonyl (C=O) groups is 3. The van der Waals surface area contributed by atoms with Gasteiger partial charge in [0.1, 0.15) is 16.6 Å². The van der Waals surface area contributed by atoms with E-state index in [0.717, 1.165) is 27.8 Å². The summed E-state index contributed by atoms with van der Waals surface area (Å²) in [5, 5.41) is 11.6. The second kappa shape index (κ2) is 9.55. The standard InChI is InChI=1S/C21H18N2O5S2/c1-13-3-2-4-15(9-13)22-18(24)12-28-16-7-5-14(6-8-16)10-17-20(27)23(11-19(25)26)21(29)30-17/h2-10H,11-12H2,1H3,(H,22,24)(H,25,26)/b17-10-. The fourth-order valence-corrected chi connectivity index (χ4v) is 3.91. The number of hydrogen-bond donors (Lipinski definition) is 2. The molecule has 1 fully saturated rings. The number of thiocarbonyl (C=S) groups is 1. The number of anilines is 1. The third-order valence-corrected chi connectivity index (χ3v) is 5.39. The van der Waals surface area contributed by atoms with Gasteiger partial charge >= 0.3 is 5.97 Å². The van der Waals surface area contributed by atoms with Gasteiger partial charge in [0.25, 0.3) is 11.8 Å². The molecule has 2 amide bonds. The zero-order chi connectivity index (χ0) is 21.7. The van der Waals surface area contributed by atoms with Crippen molar-refractivity contribution in [3.63, 3.8) is 0 Å². The van der Waals surface area contributed by atoms with E-state index in [0.29, 0.717) is 16.3 Å². The maximum atomic E-state index is 12.3. The predicted octanol–water partition coefficient (Wildman–Crippen LogP) is 3.30. The fraction of sp³-hybridized carbons (Fsp3) is 0.143. The van der Waals surface area contributed by atoms with Crippen molar-refractivity contribution in [1.82, 2.24) is 4.90 Å². The number of ether oxygens (including phenoxy) is 1. The van der Waals surface area contributed by atoms with Crippen LogP contribution in [0.2, 0.25) is 0 Å². The summed E-state index contributed by atoms with van der Waals surface area (Å²) in [6.07, 6.45) is 1.63. The molecule has 1 aliphatic rings. The number of nitrogens with zero attached hydrogens (tertiary/aromatic N) is 1. The Bertz CT molecular complexity index is 1030. The van der Waals surface area contributed by atoms with Gasteiger partial charge in [0.15, 0.2) is 6.61 Å². The molecule has 1 aliphatic heterocycles. The third kappa shape index (κ3) is 5.68. The number of benzene rings is 2. The Balaban J connectivity index is 1.57. The maximum Gasteiger partial charge on any atom is 0.323 e. The van der Waals surface area contributed by atoms with Crippen LogP contribution in [0.3, 0.4) is 0 Å². The molecular weight excluding hydrogens is 424 g/mol. The number of nitrogens with one attached hydrogen (secondary N) is 1. The van der Waals surface area contributed by atoms with Gasteiger partial charge in [-0.3, -0.25) is 19.3 Å². The molecule has 3 rings (SSSR count). The number of thioether (sulfide) groups is 1. The summed E-state index contributed by atoms with van der Waals surface area (Å²) < 4.78 is 5.71. The summed E-state index contributed by atoms with van der Waals surface area (Å²) in [6, 6.07) is 14.3. The maximum absolute atomic E-state index is 12.3. The first kappa shape index (κ1) is 21.5. The Hall–Kier alpha value is -3.17. The normalized spacial score (nSPS) is 14.8. The fourth-order valence-electron chi connectivity index (χ4n) is 2.65. The second-order valence-electron chi connectivity index (χ2n) is 6.44. The Labute approximate surface area is 182 Å². The molecule has 1 saturated heterocycles. The van der Waals surface area contributed by atoms with E-state index in [1.165, 1.54) is 0 Å². The van der Waals surface area contributed by atoms with Crippen molar-refractivity contribution in [3.05, 3.63) is 64.6 Å². The number of carboxylic acid groups (broad SMARTS) is 1. The molecule has 0 bridgehead atoms. The van der Waals surface area contributed by atoms with Crippen molar-refractivity contribution in [1.29, 1.82) is 0 Å². The highest BCUT2D eigenvalue weighted by atomic mass is 32.2. The molecule has 2 aromatic rings. The molecule has 1 heterocycles. The molecular formula is C21H18N2O5S2. The smallest absolute Gasteiger partial charge is 0.323 e. The van der Waals surface area contributed by atoms with Crippen molar-refractivity contribution < 1.29 is 24.2 Å². The molecule has 0 aliphatic carbocycles. The van der Waals surface area contributed by atoms with E-state index in [2.05, 4.69) is 5.32 Å². The minimum absolute atomic E-state index is 0.138. The molecule has 0 unspecified atom stereocenters. The van der Waals surface area contributed by atoms with Gasteiger partial charge in [-0.05, 0) is 48.4 Å². The first-order valence-electron chi connectivity index (χ1n) is 8.88. The van der Waals surface area contributed by atoms with E-state index < -0.39 is 18.4 Å². The molecule has 7 nitrogen and oxygen atoms in total. The summed E-state index contributed by atoms with van der Waals surface area (Å²) in [5.74, 6) is -1.32. The van der Waals surface area contributed by atoms with Crippen LogP contribution in [0.15, 0.2) is 53.4 Å². The number of aryl methyl sites for hydroxylation is 1. The van der Waals surface area contributed by atoms with Crippen molar-refractivity contribution in [2.75, 3.05) is 18.5 Å². The average molecular weight is 443 g/mol. The highest BCUT2D eigenvalue weighted by Gasteiger charge is 2.33. The lowest BCUT2D eigenvalue weighted by Gasteiger charge is -2.10. The second-order valence-corrected chi connectivity index (χ2v) is 8.11. The first-order chi connectivity index (χ1) is 14.3. The summed E-state index contributed by atoms with van der Waals surface area (Å²) in [5.41, 5.74) is 2.48.